The van der Waals surface area contributed by atoms with E-state index < -0.39 is 0 Å². The van der Waals surface area contributed by atoms with Crippen LogP contribution in [0.3, 0.4) is 0 Å². The molecule has 0 aliphatic heterocycles. The van der Waals surface area contributed by atoms with E-state index in [9.17, 15) is 0 Å². The van der Waals surface area contributed by atoms with Crippen molar-refractivity contribution in [2.75, 3.05) is 6.54 Å². The van der Waals surface area contributed by atoms with Crippen LogP contribution < -0.4 is 5.73 Å². The number of nitrogens with two attached hydrogens (primary N) is 1. The zero-order valence-electron chi connectivity index (χ0n) is 6.48. The molecule has 0 aromatic carbocycles. The van der Waals surface area contributed by atoms with Crippen LogP contribution in [0.2, 0.25) is 0 Å². The first-order valence-electron chi connectivity index (χ1n) is 3.73. The second-order valence-electron chi connectivity index (χ2n) is 2.20. The molecule has 0 bridgehead atoms. The molecule has 0 atom stereocenters. The minimum absolute atomic E-state index is 0.698. The molecular weight excluding hydrogens is 110 g/mol. The summed E-state index contributed by atoms with van der Waals surface area (Å²) in [5.74, 6) is 0. The molecule has 0 amide bonds. The standard InChI is InChI=1S/C8H17N/c1-3-5-8(4-2)6-7-9/h6H,3-5,7,9H2,1-2H3/b8-6+. The van der Waals surface area contributed by atoms with E-state index in [-0.39, 0.29) is 0 Å². The van der Waals surface area contributed by atoms with Crippen molar-refractivity contribution in [1.29, 1.82) is 0 Å². The maximum atomic E-state index is 5.36. The zero-order valence-corrected chi connectivity index (χ0v) is 6.48. The maximum Gasteiger partial charge on any atom is 0.0109 e. The predicted octanol–water partition coefficient (Wildman–Crippen LogP) is 2.08. The normalized spacial score (nSPS) is 12.1. The summed E-state index contributed by atoms with van der Waals surface area (Å²) < 4.78 is 0. The van der Waals surface area contributed by atoms with Gasteiger partial charge < -0.3 is 5.73 Å². The van der Waals surface area contributed by atoms with Crippen LogP contribution in [0.25, 0.3) is 0 Å². The summed E-state index contributed by atoms with van der Waals surface area (Å²) in [6, 6.07) is 0. The van der Waals surface area contributed by atoms with Gasteiger partial charge in [-0.2, -0.15) is 0 Å². The van der Waals surface area contributed by atoms with Crippen molar-refractivity contribution >= 4 is 0 Å². The second-order valence-corrected chi connectivity index (χ2v) is 2.20. The fraction of sp³-hybridized carbons (Fsp3) is 0.750. The largest absolute Gasteiger partial charge is 0.327 e. The van der Waals surface area contributed by atoms with Gasteiger partial charge >= 0.3 is 0 Å². The Hall–Kier alpha value is -0.300. The summed E-state index contributed by atoms with van der Waals surface area (Å²) in [6.07, 6.45) is 5.74. The van der Waals surface area contributed by atoms with E-state index in [0.29, 0.717) is 6.54 Å². The van der Waals surface area contributed by atoms with Crippen molar-refractivity contribution in [3.05, 3.63) is 11.6 Å². The first-order chi connectivity index (χ1) is 4.35. The average molecular weight is 127 g/mol. The van der Waals surface area contributed by atoms with Crippen molar-refractivity contribution in [1.82, 2.24) is 0 Å². The van der Waals surface area contributed by atoms with Crippen LogP contribution >= 0.6 is 0 Å². The highest BCUT2D eigenvalue weighted by molar-refractivity contribution is 5.01. The second kappa shape index (κ2) is 5.83. The van der Waals surface area contributed by atoms with E-state index in [0.717, 1.165) is 6.42 Å². The van der Waals surface area contributed by atoms with Crippen molar-refractivity contribution in [3.8, 4) is 0 Å². The molecule has 1 heteroatoms. The molecule has 0 unspecified atom stereocenters. The highest BCUT2D eigenvalue weighted by atomic mass is 14.5. The lowest BCUT2D eigenvalue weighted by molar-refractivity contribution is 0.851. The van der Waals surface area contributed by atoms with Gasteiger partial charge in [-0.15, -0.1) is 0 Å². The van der Waals surface area contributed by atoms with Crippen LogP contribution in [0, 0.1) is 0 Å². The molecule has 0 saturated heterocycles. The van der Waals surface area contributed by atoms with Crippen LogP contribution in [0.1, 0.15) is 33.1 Å². The SMILES string of the molecule is CCC/C(=C/CN)CC. The lowest BCUT2D eigenvalue weighted by atomic mass is 10.1. The molecule has 0 heterocycles. The molecule has 0 saturated carbocycles. The van der Waals surface area contributed by atoms with Crippen LogP contribution in [-0.2, 0) is 0 Å². The first-order valence-corrected chi connectivity index (χ1v) is 3.73. The Bertz CT molecular complexity index is 84.6. The van der Waals surface area contributed by atoms with Crippen LogP contribution in [0.15, 0.2) is 11.6 Å². The molecule has 54 valence electrons. The molecule has 1 nitrogen and oxygen atoms in total. The third-order valence-electron chi connectivity index (χ3n) is 1.43. The molecule has 0 fully saturated rings. The van der Waals surface area contributed by atoms with Crippen LogP contribution in [0.5, 0.6) is 0 Å². The Balaban J connectivity index is 3.53. The average Bonchev–Trinajstić information content (AvgIpc) is 1.88. The molecule has 2 N–H and O–H groups in total. The third kappa shape index (κ3) is 4.22. The van der Waals surface area contributed by atoms with Crippen molar-refractivity contribution in [3.63, 3.8) is 0 Å². The molecule has 0 aliphatic carbocycles. The van der Waals surface area contributed by atoms with Crippen molar-refractivity contribution in [2.45, 2.75) is 33.1 Å². The van der Waals surface area contributed by atoms with E-state index in [2.05, 4.69) is 19.9 Å². The smallest absolute Gasteiger partial charge is 0.0109 e. The number of hydrogen-bond donors (Lipinski definition) is 1. The van der Waals surface area contributed by atoms with Crippen LogP contribution in [0.4, 0.5) is 0 Å². The Kier molecular flexibility index (Phi) is 5.64. The van der Waals surface area contributed by atoms with Gasteiger partial charge in [-0.3, -0.25) is 0 Å². The maximum absolute atomic E-state index is 5.36. The fourth-order valence-electron chi connectivity index (χ4n) is 0.911. The molecular formula is C8H17N. The highest BCUT2D eigenvalue weighted by Crippen LogP contribution is 2.07. The van der Waals surface area contributed by atoms with Gasteiger partial charge in [-0.1, -0.05) is 31.9 Å². The predicted molar refractivity (Wildman–Crippen MR) is 42.3 cm³/mol. The van der Waals surface area contributed by atoms with Gasteiger partial charge in [0, 0.05) is 6.54 Å². The molecule has 0 rings (SSSR count). The van der Waals surface area contributed by atoms with Gasteiger partial charge in [-0.05, 0) is 12.8 Å². The number of rotatable bonds is 4. The minimum Gasteiger partial charge on any atom is -0.327 e. The van der Waals surface area contributed by atoms with Gasteiger partial charge in [0.2, 0.25) is 0 Å². The van der Waals surface area contributed by atoms with Gasteiger partial charge in [0.15, 0.2) is 0 Å². The summed E-state index contributed by atoms with van der Waals surface area (Å²) >= 11 is 0. The zero-order chi connectivity index (χ0) is 7.11. The first kappa shape index (κ1) is 8.70. The molecule has 9 heavy (non-hydrogen) atoms. The van der Waals surface area contributed by atoms with E-state index >= 15 is 0 Å². The molecule has 0 aromatic heterocycles. The Morgan fingerprint density at radius 2 is 2.11 bits per heavy atom. The summed E-state index contributed by atoms with van der Waals surface area (Å²) in [4.78, 5) is 0. The van der Waals surface area contributed by atoms with Crippen molar-refractivity contribution < 1.29 is 0 Å². The lowest BCUT2D eigenvalue weighted by Crippen LogP contribution is -1.95. The van der Waals surface area contributed by atoms with E-state index in [1.54, 1.807) is 0 Å². The molecule has 0 spiro atoms. The van der Waals surface area contributed by atoms with Gasteiger partial charge in [-0.25, -0.2) is 0 Å². The van der Waals surface area contributed by atoms with Gasteiger partial charge in [0.1, 0.15) is 0 Å². The molecule has 0 aliphatic rings. The highest BCUT2D eigenvalue weighted by Gasteiger charge is 1.88. The fourth-order valence-corrected chi connectivity index (χ4v) is 0.911. The van der Waals surface area contributed by atoms with E-state index in [1.807, 2.05) is 0 Å². The summed E-state index contributed by atoms with van der Waals surface area (Å²) in [5.41, 5.74) is 6.86. The van der Waals surface area contributed by atoms with E-state index in [1.165, 1.54) is 18.4 Å². The number of allylic oxidation sites excluding steroid dienone is 1. The quantitative estimate of drug-likeness (QED) is 0.575. The summed E-state index contributed by atoms with van der Waals surface area (Å²) in [5, 5.41) is 0. The summed E-state index contributed by atoms with van der Waals surface area (Å²) in [7, 11) is 0. The molecule has 0 radical (unpaired) electrons. The topological polar surface area (TPSA) is 26.0 Å². The van der Waals surface area contributed by atoms with Gasteiger partial charge in [0.25, 0.3) is 0 Å². The Morgan fingerprint density at radius 3 is 2.44 bits per heavy atom. The monoisotopic (exact) mass is 127 g/mol. The van der Waals surface area contributed by atoms with Crippen molar-refractivity contribution in [2.24, 2.45) is 5.73 Å². The summed E-state index contributed by atoms with van der Waals surface area (Å²) in [6.45, 7) is 5.07. The Labute approximate surface area is 57.9 Å². The molecule has 0 aromatic rings. The van der Waals surface area contributed by atoms with Gasteiger partial charge in [0.05, 0.1) is 0 Å². The van der Waals surface area contributed by atoms with Crippen LogP contribution in [-0.4, -0.2) is 6.54 Å². The van der Waals surface area contributed by atoms with E-state index in [4.69, 9.17) is 5.73 Å². The minimum atomic E-state index is 0.698. The third-order valence-corrected chi connectivity index (χ3v) is 1.43. The number of hydrogen-bond acceptors (Lipinski definition) is 1. The lowest BCUT2D eigenvalue weighted by Gasteiger charge is -1.99. The Morgan fingerprint density at radius 1 is 1.44 bits per heavy atom.